The Morgan fingerprint density at radius 1 is 1.29 bits per heavy atom. The van der Waals surface area contributed by atoms with Crippen molar-refractivity contribution in [2.75, 3.05) is 19.7 Å². The van der Waals surface area contributed by atoms with E-state index in [-0.39, 0.29) is 19.7 Å². The molecule has 1 aliphatic heterocycles. The van der Waals surface area contributed by atoms with Crippen LogP contribution in [0.4, 0.5) is 4.79 Å². The fourth-order valence-electron chi connectivity index (χ4n) is 1.73. The van der Waals surface area contributed by atoms with Crippen LogP contribution in [0.3, 0.4) is 0 Å². The van der Waals surface area contributed by atoms with Crippen molar-refractivity contribution in [3.63, 3.8) is 0 Å². The summed E-state index contributed by atoms with van der Waals surface area (Å²) in [5.41, 5.74) is 0.813. The summed E-state index contributed by atoms with van der Waals surface area (Å²) in [5.74, 6) is -0.958. The highest BCUT2D eigenvalue weighted by Crippen LogP contribution is 2.31. The van der Waals surface area contributed by atoms with E-state index in [1.54, 1.807) is 6.08 Å². The van der Waals surface area contributed by atoms with Crippen LogP contribution in [0.25, 0.3) is 6.08 Å². The van der Waals surface area contributed by atoms with E-state index >= 15 is 0 Å². The van der Waals surface area contributed by atoms with Gasteiger partial charge in [0.2, 0.25) is 5.91 Å². The zero-order valence-corrected chi connectivity index (χ0v) is 11.9. The quantitative estimate of drug-likeness (QED) is 0.787. The molecule has 0 saturated carbocycles. The maximum Gasteiger partial charge on any atom is 0.294 e. The Morgan fingerprint density at radius 2 is 2.00 bits per heavy atom. The van der Waals surface area contributed by atoms with Gasteiger partial charge in [-0.3, -0.25) is 19.3 Å². The molecular weight excluding hydrogens is 292 g/mol. The first-order valence-electron chi connectivity index (χ1n) is 6.30. The molecule has 2 N–H and O–H groups in total. The smallest absolute Gasteiger partial charge is 0.294 e. The molecule has 0 aliphatic carbocycles. The Labute approximate surface area is 125 Å². The predicted molar refractivity (Wildman–Crippen MR) is 79.2 cm³/mol. The summed E-state index contributed by atoms with van der Waals surface area (Å²) in [6, 6.07) is 9.16. The zero-order chi connectivity index (χ0) is 15.2. The summed E-state index contributed by atoms with van der Waals surface area (Å²) in [6.45, 7) is -0.437. The van der Waals surface area contributed by atoms with Crippen molar-refractivity contribution in [3.8, 4) is 0 Å². The number of hydrogen-bond donors (Lipinski definition) is 2. The van der Waals surface area contributed by atoms with Gasteiger partial charge in [0.15, 0.2) is 0 Å². The highest BCUT2D eigenvalue weighted by molar-refractivity contribution is 8.18. The highest BCUT2D eigenvalue weighted by Gasteiger charge is 2.36. The molecule has 0 spiro atoms. The monoisotopic (exact) mass is 306 g/mol. The number of aliphatic hydroxyl groups is 1. The molecule has 1 saturated heterocycles. The van der Waals surface area contributed by atoms with Crippen LogP contribution in [-0.4, -0.2) is 46.8 Å². The molecule has 7 heteroatoms. The first-order valence-corrected chi connectivity index (χ1v) is 7.11. The average Bonchev–Trinajstić information content (AvgIpc) is 2.74. The summed E-state index contributed by atoms with van der Waals surface area (Å²) in [6.07, 6.45) is 1.62. The second kappa shape index (κ2) is 7.05. The third kappa shape index (κ3) is 3.93. The lowest BCUT2D eigenvalue weighted by molar-refractivity contribution is -0.129. The molecule has 1 aliphatic rings. The molecule has 1 fully saturated rings. The van der Waals surface area contributed by atoms with Crippen molar-refractivity contribution in [2.45, 2.75) is 0 Å². The van der Waals surface area contributed by atoms with E-state index in [2.05, 4.69) is 5.32 Å². The van der Waals surface area contributed by atoms with Crippen LogP contribution < -0.4 is 5.32 Å². The van der Waals surface area contributed by atoms with Gasteiger partial charge < -0.3 is 10.4 Å². The predicted octanol–water partition coefficient (Wildman–Crippen LogP) is 0.831. The lowest BCUT2D eigenvalue weighted by Gasteiger charge is -2.11. The first kappa shape index (κ1) is 15.3. The number of nitrogens with one attached hydrogen (secondary N) is 1. The van der Waals surface area contributed by atoms with Crippen LogP contribution in [0.15, 0.2) is 35.2 Å². The van der Waals surface area contributed by atoms with Crippen molar-refractivity contribution in [3.05, 3.63) is 40.8 Å². The third-order valence-corrected chi connectivity index (χ3v) is 3.61. The molecule has 0 unspecified atom stereocenters. The number of amides is 3. The van der Waals surface area contributed by atoms with Gasteiger partial charge in [-0.25, -0.2) is 0 Å². The van der Waals surface area contributed by atoms with Gasteiger partial charge in [-0.15, -0.1) is 0 Å². The molecule has 0 atom stereocenters. The van der Waals surface area contributed by atoms with Crippen molar-refractivity contribution in [1.29, 1.82) is 0 Å². The number of nitrogens with zero attached hydrogens (tertiary/aromatic N) is 1. The Hall–Kier alpha value is -2.12. The number of carbonyl (C=O) groups is 3. The zero-order valence-electron chi connectivity index (χ0n) is 11.1. The largest absolute Gasteiger partial charge is 0.395 e. The molecule has 110 valence electrons. The Bertz CT molecular complexity index is 586. The van der Waals surface area contributed by atoms with E-state index in [1.807, 2.05) is 30.3 Å². The fraction of sp³-hybridized carbons (Fsp3) is 0.214. The van der Waals surface area contributed by atoms with Gasteiger partial charge in [0.25, 0.3) is 11.1 Å². The van der Waals surface area contributed by atoms with Gasteiger partial charge in [0.1, 0.15) is 6.54 Å². The van der Waals surface area contributed by atoms with Crippen molar-refractivity contribution >= 4 is 34.9 Å². The highest BCUT2D eigenvalue weighted by atomic mass is 32.2. The van der Waals surface area contributed by atoms with E-state index in [0.29, 0.717) is 4.91 Å². The minimum atomic E-state index is -0.479. The number of rotatable bonds is 5. The molecule has 0 aromatic heterocycles. The van der Waals surface area contributed by atoms with Crippen LogP contribution in [0.1, 0.15) is 5.56 Å². The maximum atomic E-state index is 12.1. The molecular formula is C14H14N2O4S. The van der Waals surface area contributed by atoms with Crippen LogP contribution in [0, 0.1) is 0 Å². The van der Waals surface area contributed by atoms with Crippen molar-refractivity contribution < 1.29 is 19.5 Å². The van der Waals surface area contributed by atoms with Crippen molar-refractivity contribution in [1.82, 2.24) is 10.2 Å². The van der Waals surface area contributed by atoms with Crippen LogP contribution in [0.2, 0.25) is 0 Å². The minimum Gasteiger partial charge on any atom is -0.395 e. The molecule has 1 heterocycles. The topological polar surface area (TPSA) is 86.7 Å². The summed E-state index contributed by atoms with van der Waals surface area (Å²) in [7, 11) is 0. The summed E-state index contributed by atoms with van der Waals surface area (Å²) in [4.78, 5) is 36.6. The van der Waals surface area contributed by atoms with Crippen LogP contribution >= 0.6 is 11.8 Å². The Morgan fingerprint density at radius 3 is 2.67 bits per heavy atom. The van der Waals surface area contributed by atoms with E-state index in [1.165, 1.54) is 0 Å². The van der Waals surface area contributed by atoms with Gasteiger partial charge in [0.05, 0.1) is 11.5 Å². The second-order valence-corrected chi connectivity index (χ2v) is 5.25. The Balaban J connectivity index is 2.06. The van der Waals surface area contributed by atoms with Gasteiger partial charge in [-0.1, -0.05) is 30.3 Å². The molecule has 2 rings (SSSR count). The van der Waals surface area contributed by atoms with Gasteiger partial charge in [0, 0.05) is 6.54 Å². The standard InChI is InChI=1S/C14H14N2O4S/c17-7-6-15-12(18)9-16-13(19)11(21-14(16)20)8-10-4-2-1-3-5-10/h1-5,8,17H,6-7,9H2,(H,15,18)/b11-8+. The van der Waals surface area contributed by atoms with Gasteiger partial charge in [-0.05, 0) is 23.4 Å². The second-order valence-electron chi connectivity index (χ2n) is 4.25. The molecule has 0 radical (unpaired) electrons. The Kier molecular flexibility index (Phi) is 5.13. The van der Waals surface area contributed by atoms with Gasteiger partial charge >= 0.3 is 0 Å². The number of carbonyl (C=O) groups excluding carboxylic acids is 3. The average molecular weight is 306 g/mol. The van der Waals surface area contributed by atoms with Crippen LogP contribution in [-0.2, 0) is 9.59 Å². The SMILES string of the molecule is O=C(CN1C(=O)S/C(=C/c2ccccc2)C1=O)NCCO. The van der Waals surface area contributed by atoms with Gasteiger partial charge in [-0.2, -0.15) is 0 Å². The summed E-state index contributed by atoms with van der Waals surface area (Å²) < 4.78 is 0. The minimum absolute atomic E-state index is 0.0922. The lowest BCUT2D eigenvalue weighted by Crippen LogP contribution is -2.40. The number of benzene rings is 1. The lowest BCUT2D eigenvalue weighted by atomic mass is 10.2. The number of hydrogen-bond acceptors (Lipinski definition) is 5. The third-order valence-electron chi connectivity index (χ3n) is 2.71. The molecule has 3 amide bonds. The van der Waals surface area contributed by atoms with Crippen molar-refractivity contribution in [2.24, 2.45) is 0 Å². The van der Waals surface area contributed by atoms with E-state index in [4.69, 9.17) is 5.11 Å². The van der Waals surface area contributed by atoms with E-state index in [0.717, 1.165) is 22.2 Å². The van der Waals surface area contributed by atoms with E-state index < -0.39 is 17.1 Å². The molecule has 21 heavy (non-hydrogen) atoms. The fourth-order valence-corrected chi connectivity index (χ4v) is 2.57. The van der Waals surface area contributed by atoms with Crippen LogP contribution in [0.5, 0.6) is 0 Å². The van der Waals surface area contributed by atoms with E-state index in [9.17, 15) is 14.4 Å². The molecule has 0 bridgehead atoms. The maximum absolute atomic E-state index is 12.1. The number of thioether (sulfide) groups is 1. The first-order chi connectivity index (χ1) is 10.1. The molecule has 1 aromatic carbocycles. The summed E-state index contributed by atoms with van der Waals surface area (Å²) >= 11 is 0.812. The molecule has 6 nitrogen and oxygen atoms in total. The number of imide groups is 1. The summed E-state index contributed by atoms with van der Waals surface area (Å²) in [5, 5.41) is 10.5. The number of aliphatic hydroxyl groups excluding tert-OH is 1. The normalized spacial score (nSPS) is 16.6. The molecule has 1 aromatic rings.